The molecule has 0 spiro atoms. The summed E-state index contributed by atoms with van der Waals surface area (Å²) in [5, 5.41) is 5.37. The lowest BCUT2D eigenvalue weighted by Crippen LogP contribution is -2.46. The molecular formula is C14H26N2O3. The Kier molecular flexibility index (Phi) is 5.63. The van der Waals surface area contributed by atoms with Gasteiger partial charge in [-0.2, -0.15) is 0 Å². The Morgan fingerprint density at radius 2 is 1.95 bits per heavy atom. The fraction of sp³-hybridized carbons (Fsp3) is 0.857. The summed E-state index contributed by atoms with van der Waals surface area (Å²) in [5.74, 6) is 0.611. The van der Waals surface area contributed by atoms with Gasteiger partial charge in [0.25, 0.3) is 0 Å². The molecule has 0 radical (unpaired) electrons. The standard InChI is InChI=1S/C14H26N2O3/c1-10(16-13(18)19-14(2,3)4)12(17)15-9-8-11-6-5-7-11/h10-11H,5-9H2,1-4H3,(H,15,17)(H,16,18). The van der Waals surface area contributed by atoms with Crippen LogP contribution in [0.3, 0.4) is 0 Å². The maximum absolute atomic E-state index is 11.8. The minimum atomic E-state index is -0.573. The fourth-order valence-electron chi connectivity index (χ4n) is 1.88. The molecule has 19 heavy (non-hydrogen) atoms. The first kappa shape index (κ1) is 15.8. The lowest BCUT2D eigenvalue weighted by atomic mass is 9.83. The summed E-state index contributed by atoms with van der Waals surface area (Å²) in [4.78, 5) is 23.2. The van der Waals surface area contributed by atoms with E-state index in [1.165, 1.54) is 19.3 Å². The SMILES string of the molecule is CC(NC(=O)OC(C)(C)C)C(=O)NCCC1CCC1. The number of hydrogen-bond acceptors (Lipinski definition) is 3. The van der Waals surface area contributed by atoms with Crippen LogP contribution in [-0.4, -0.2) is 30.2 Å². The van der Waals surface area contributed by atoms with Crippen molar-refractivity contribution in [1.82, 2.24) is 10.6 Å². The zero-order valence-corrected chi connectivity index (χ0v) is 12.4. The molecule has 0 aromatic heterocycles. The molecule has 1 unspecified atom stereocenters. The van der Waals surface area contributed by atoms with Crippen LogP contribution < -0.4 is 10.6 Å². The first-order valence-electron chi connectivity index (χ1n) is 7.05. The maximum Gasteiger partial charge on any atom is 0.408 e. The first-order valence-corrected chi connectivity index (χ1v) is 7.05. The predicted molar refractivity (Wildman–Crippen MR) is 73.8 cm³/mol. The largest absolute Gasteiger partial charge is 0.444 e. The van der Waals surface area contributed by atoms with Gasteiger partial charge in [-0.1, -0.05) is 19.3 Å². The van der Waals surface area contributed by atoms with E-state index in [4.69, 9.17) is 4.74 Å². The number of alkyl carbamates (subject to hydrolysis) is 1. The topological polar surface area (TPSA) is 67.4 Å². The second kappa shape index (κ2) is 6.78. The van der Waals surface area contributed by atoms with E-state index >= 15 is 0 Å². The summed E-state index contributed by atoms with van der Waals surface area (Å²) in [6.07, 6.45) is 4.35. The Morgan fingerprint density at radius 3 is 2.42 bits per heavy atom. The second-order valence-electron chi connectivity index (χ2n) is 6.24. The summed E-state index contributed by atoms with van der Waals surface area (Å²) < 4.78 is 5.10. The highest BCUT2D eigenvalue weighted by Crippen LogP contribution is 2.28. The molecular weight excluding hydrogens is 244 g/mol. The monoisotopic (exact) mass is 270 g/mol. The molecule has 0 aromatic rings. The average molecular weight is 270 g/mol. The Balaban J connectivity index is 2.17. The van der Waals surface area contributed by atoms with Crippen LogP contribution in [0, 0.1) is 5.92 Å². The van der Waals surface area contributed by atoms with Gasteiger partial charge in [-0.25, -0.2) is 4.79 Å². The van der Waals surface area contributed by atoms with E-state index in [1.54, 1.807) is 27.7 Å². The molecule has 1 fully saturated rings. The zero-order chi connectivity index (χ0) is 14.5. The van der Waals surface area contributed by atoms with Crippen LogP contribution in [0.15, 0.2) is 0 Å². The Morgan fingerprint density at radius 1 is 1.32 bits per heavy atom. The third-order valence-electron chi connectivity index (χ3n) is 3.20. The Labute approximate surface area is 115 Å². The first-order chi connectivity index (χ1) is 8.78. The smallest absolute Gasteiger partial charge is 0.408 e. The molecule has 0 bridgehead atoms. The molecule has 0 saturated heterocycles. The van der Waals surface area contributed by atoms with Crippen molar-refractivity contribution < 1.29 is 14.3 Å². The number of carbonyl (C=O) groups is 2. The molecule has 110 valence electrons. The lowest BCUT2D eigenvalue weighted by molar-refractivity contribution is -0.122. The van der Waals surface area contributed by atoms with Crippen LogP contribution in [0.4, 0.5) is 4.79 Å². The third kappa shape index (κ3) is 6.45. The van der Waals surface area contributed by atoms with Crippen molar-refractivity contribution in [1.29, 1.82) is 0 Å². The molecule has 1 rings (SSSR count). The van der Waals surface area contributed by atoms with Crippen LogP contribution in [0.5, 0.6) is 0 Å². The summed E-state index contributed by atoms with van der Waals surface area (Å²) >= 11 is 0. The highest BCUT2D eigenvalue weighted by atomic mass is 16.6. The van der Waals surface area contributed by atoms with Crippen LogP contribution in [0.1, 0.15) is 53.4 Å². The predicted octanol–water partition coefficient (Wildman–Crippen LogP) is 2.21. The van der Waals surface area contributed by atoms with Gasteiger partial charge in [0, 0.05) is 6.54 Å². The van der Waals surface area contributed by atoms with E-state index in [0.717, 1.165) is 12.3 Å². The minimum absolute atomic E-state index is 0.162. The minimum Gasteiger partial charge on any atom is -0.444 e. The second-order valence-corrected chi connectivity index (χ2v) is 6.24. The molecule has 0 heterocycles. The van der Waals surface area contributed by atoms with Crippen molar-refractivity contribution >= 4 is 12.0 Å². The Hall–Kier alpha value is -1.26. The average Bonchev–Trinajstić information content (AvgIpc) is 2.18. The molecule has 5 heteroatoms. The van der Waals surface area contributed by atoms with Crippen LogP contribution in [0.2, 0.25) is 0 Å². The molecule has 0 aromatic carbocycles. The number of nitrogens with one attached hydrogen (secondary N) is 2. The fourth-order valence-corrected chi connectivity index (χ4v) is 1.88. The maximum atomic E-state index is 11.8. The highest BCUT2D eigenvalue weighted by molar-refractivity contribution is 5.85. The molecule has 5 nitrogen and oxygen atoms in total. The molecule has 1 aliphatic carbocycles. The van der Waals surface area contributed by atoms with Crippen LogP contribution in [0.25, 0.3) is 0 Å². The van der Waals surface area contributed by atoms with Gasteiger partial charge in [0.1, 0.15) is 11.6 Å². The summed E-state index contributed by atoms with van der Waals surface area (Å²) in [7, 11) is 0. The molecule has 2 amide bonds. The Bertz CT molecular complexity index is 319. The van der Waals surface area contributed by atoms with E-state index in [1.807, 2.05) is 0 Å². The van der Waals surface area contributed by atoms with E-state index in [9.17, 15) is 9.59 Å². The van der Waals surface area contributed by atoms with Crippen molar-refractivity contribution in [3.8, 4) is 0 Å². The van der Waals surface area contributed by atoms with E-state index in [0.29, 0.717) is 6.54 Å². The number of rotatable bonds is 5. The van der Waals surface area contributed by atoms with Crippen molar-refractivity contribution in [3.63, 3.8) is 0 Å². The molecule has 1 saturated carbocycles. The molecule has 0 aliphatic heterocycles. The van der Waals surface area contributed by atoms with Gasteiger partial charge in [0.15, 0.2) is 0 Å². The van der Waals surface area contributed by atoms with Gasteiger partial charge in [-0.3, -0.25) is 4.79 Å². The summed E-state index contributed by atoms with van der Waals surface area (Å²) in [6, 6.07) is -0.573. The van der Waals surface area contributed by atoms with Crippen molar-refractivity contribution in [2.45, 2.75) is 65.0 Å². The quantitative estimate of drug-likeness (QED) is 0.805. The van der Waals surface area contributed by atoms with Gasteiger partial charge < -0.3 is 15.4 Å². The number of amides is 2. The lowest BCUT2D eigenvalue weighted by Gasteiger charge is -2.25. The third-order valence-corrected chi connectivity index (χ3v) is 3.20. The van der Waals surface area contributed by atoms with Crippen molar-refractivity contribution in [2.75, 3.05) is 6.54 Å². The van der Waals surface area contributed by atoms with E-state index in [-0.39, 0.29) is 5.91 Å². The van der Waals surface area contributed by atoms with Crippen LogP contribution >= 0.6 is 0 Å². The van der Waals surface area contributed by atoms with Gasteiger partial charge in [-0.15, -0.1) is 0 Å². The highest BCUT2D eigenvalue weighted by Gasteiger charge is 2.21. The number of ether oxygens (including phenoxy) is 1. The zero-order valence-electron chi connectivity index (χ0n) is 12.4. The van der Waals surface area contributed by atoms with Gasteiger partial charge in [0.2, 0.25) is 5.91 Å². The van der Waals surface area contributed by atoms with Crippen molar-refractivity contribution in [3.05, 3.63) is 0 Å². The number of carbonyl (C=O) groups excluding carboxylic acids is 2. The number of hydrogen-bond donors (Lipinski definition) is 2. The van der Waals surface area contributed by atoms with Crippen molar-refractivity contribution in [2.24, 2.45) is 5.92 Å². The normalized spacial score (nSPS) is 17.3. The van der Waals surface area contributed by atoms with Gasteiger partial charge in [-0.05, 0) is 40.0 Å². The van der Waals surface area contributed by atoms with Crippen LogP contribution in [-0.2, 0) is 9.53 Å². The van der Waals surface area contributed by atoms with E-state index < -0.39 is 17.7 Å². The molecule has 2 N–H and O–H groups in total. The molecule has 1 aliphatic rings. The molecule has 1 atom stereocenters. The van der Waals surface area contributed by atoms with Gasteiger partial charge >= 0.3 is 6.09 Å². The summed E-state index contributed by atoms with van der Waals surface area (Å²) in [5.41, 5.74) is -0.551. The van der Waals surface area contributed by atoms with E-state index in [2.05, 4.69) is 10.6 Å². The van der Waals surface area contributed by atoms with Gasteiger partial charge in [0.05, 0.1) is 0 Å². The summed E-state index contributed by atoms with van der Waals surface area (Å²) in [6.45, 7) is 7.70.